The first kappa shape index (κ1) is 20.0. The maximum Gasteiger partial charge on any atom is 0.247 e. The number of aliphatic hydroxyl groups excluding tert-OH is 1. The topological polar surface area (TPSA) is 124 Å². The van der Waals surface area contributed by atoms with Crippen molar-refractivity contribution in [2.75, 3.05) is 13.7 Å². The molecule has 0 saturated heterocycles. The predicted molar refractivity (Wildman–Crippen MR) is 95.9 cm³/mol. The van der Waals surface area contributed by atoms with Gasteiger partial charge in [-0.05, 0) is 24.5 Å². The number of rotatable bonds is 9. The number of nitrogens with one attached hydrogen (secondary N) is 1. The zero-order valence-corrected chi connectivity index (χ0v) is 15.3. The van der Waals surface area contributed by atoms with Crippen LogP contribution in [0, 0.1) is 5.92 Å². The molecular formula is C18H26N4O4. The summed E-state index contributed by atoms with van der Waals surface area (Å²) >= 11 is 0. The molecule has 142 valence electrons. The smallest absolute Gasteiger partial charge is 0.247 e. The Balaban J connectivity index is 2.14. The third-order valence-electron chi connectivity index (χ3n) is 3.83. The summed E-state index contributed by atoms with van der Waals surface area (Å²) in [5.74, 6) is 0.185. The fraction of sp³-hybridized carbons (Fsp3) is 0.500. The highest BCUT2D eigenvalue weighted by atomic mass is 16.5. The summed E-state index contributed by atoms with van der Waals surface area (Å²) in [6.45, 7) is 4.07. The molecule has 0 aliphatic heterocycles. The lowest BCUT2D eigenvalue weighted by atomic mass is 9.98. The molecule has 3 atom stereocenters. The van der Waals surface area contributed by atoms with Gasteiger partial charge < -0.3 is 25.3 Å². The molecular weight excluding hydrogens is 336 g/mol. The van der Waals surface area contributed by atoms with Crippen LogP contribution >= 0.6 is 0 Å². The summed E-state index contributed by atoms with van der Waals surface area (Å²) in [6, 6.07) is 7.84. The summed E-state index contributed by atoms with van der Waals surface area (Å²) in [7, 11) is 1.47. The van der Waals surface area contributed by atoms with Gasteiger partial charge >= 0.3 is 0 Å². The van der Waals surface area contributed by atoms with Crippen molar-refractivity contribution in [3.63, 3.8) is 0 Å². The van der Waals surface area contributed by atoms with E-state index in [0.29, 0.717) is 12.3 Å². The molecule has 0 aliphatic rings. The van der Waals surface area contributed by atoms with Gasteiger partial charge in [-0.1, -0.05) is 32.0 Å². The molecule has 4 N–H and O–H groups in total. The van der Waals surface area contributed by atoms with Gasteiger partial charge in [0.25, 0.3) is 0 Å². The van der Waals surface area contributed by atoms with Gasteiger partial charge in [-0.25, -0.2) is 0 Å². The van der Waals surface area contributed by atoms with Crippen molar-refractivity contribution in [1.29, 1.82) is 0 Å². The van der Waals surface area contributed by atoms with Crippen LogP contribution in [-0.2, 0) is 9.53 Å². The minimum absolute atomic E-state index is 0.0510. The molecule has 8 nitrogen and oxygen atoms in total. The van der Waals surface area contributed by atoms with Gasteiger partial charge in [0.05, 0.1) is 12.6 Å². The Bertz CT molecular complexity index is 690. The zero-order valence-electron chi connectivity index (χ0n) is 15.3. The number of nitrogens with zero attached hydrogens (tertiary/aromatic N) is 2. The summed E-state index contributed by atoms with van der Waals surface area (Å²) in [4.78, 5) is 12.2. The SMILES string of the molecule is COCC(N)C(=O)NC(CC(C)C)C(O)c1nnc(-c2ccccc2)o1. The standard InChI is InChI=1S/C18H26N4O4/c1-11(2)9-14(20-16(24)13(19)10-25-3)15(23)18-22-21-17(26-18)12-7-5-4-6-8-12/h4-8,11,13-15,23H,9-10,19H2,1-3H3,(H,20,24). The van der Waals surface area contributed by atoms with Crippen LogP contribution in [0.1, 0.15) is 32.3 Å². The number of benzene rings is 1. The highest BCUT2D eigenvalue weighted by molar-refractivity contribution is 5.82. The molecule has 2 rings (SSSR count). The number of carbonyl (C=O) groups is 1. The molecule has 0 spiro atoms. The summed E-state index contributed by atoms with van der Waals surface area (Å²) in [5, 5.41) is 21.3. The third kappa shape index (κ3) is 5.35. The fourth-order valence-electron chi connectivity index (χ4n) is 2.54. The van der Waals surface area contributed by atoms with Crippen molar-refractivity contribution < 1.29 is 19.1 Å². The lowest BCUT2D eigenvalue weighted by Gasteiger charge is -2.25. The molecule has 1 amide bonds. The molecule has 1 heterocycles. The van der Waals surface area contributed by atoms with Gasteiger partial charge in [-0.15, -0.1) is 10.2 Å². The van der Waals surface area contributed by atoms with Gasteiger partial charge in [0.1, 0.15) is 6.04 Å². The van der Waals surface area contributed by atoms with Crippen molar-refractivity contribution in [3.8, 4) is 11.5 Å². The first-order chi connectivity index (χ1) is 12.4. The minimum Gasteiger partial charge on any atom is -0.418 e. The highest BCUT2D eigenvalue weighted by Crippen LogP contribution is 2.24. The number of nitrogens with two attached hydrogens (primary N) is 1. The average Bonchev–Trinajstić information content (AvgIpc) is 3.11. The Morgan fingerprint density at radius 2 is 2.00 bits per heavy atom. The molecule has 0 bridgehead atoms. The van der Waals surface area contributed by atoms with Gasteiger partial charge in [-0.3, -0.25) is 4.79 Å². The van der Waals surface area contributed by atoms with Crippen LogP contribution in [0.15, 0.2) is 34.7 Å². The first-order valence-electron chi connectivity index (χ1n) is 8.54. The van der Waals surface area contributed by atoms with E-state index in [4.69, 9.17) is 14.9 Å². The maximum absolute atomic E-state index is 12.2. The van der Waals surface area contributed by atoms with E-state index in [-0.39, 0.29) is 18.4 Å². The first-order valence-corrected chi connectivity index (χ1v) is 8.54. The van der Waals surface area contributed by atoms with E-state index >= 15 is 0 Å². The highest BCUT2D eigenvalue weighted by Gasteiger charge is 2.29. The molecule has 0 saturated carbocycles. The second-order valence-corrected chi connectivity index (χ2v) is 6.56. The molecule has 1 aromatic carbocycles. The van der Waals surface area contributed by atoms with E-state index in [9.17, 15) is 9.90 Å². The van der Waals surface area contributed by atoms with Crippen LogP contribution in [-0.4, -0.2) is 47.0 Å². The van der Waals surface area contributed by atoms with E-state index in [1.807, 2.05) is 44.2 Å². The molecule has 8 heteroatoms. The van der Waals surface area contributed by atoms with Crippen molar-refractivity contribution >= 4 is 5.91 Å². The predicted octanol–water partition coefficient (Wildman–Crippen LogP) is 1.27. The van der Waals surface area contributed by atoms with E-state index in [1.54, 1.807) is 0 Å². The molecule has 3 unspecified atom stereocenters. The van der Waals surface area contributed by atoms with Gasteiger partial charge in [-0.2, -0.15) is 0 Å². The minimum atomic E-state index is -1.14. The zero-order chi connectivity index (χ0) is 19.1. The molecule has 0 radical (unpaired) electrons. The second-order valence-electron chi connectivity index (χ2n) is 6.56. The molecule has 0 fully saturated rings. The average molecular weight is 362 g/mol. The van der Waals surface area contributed by atoms with Crippen LogP contribution in [0.5, 0.6) is 0 Å². The number of hydrogen-bond donors (Lipinski definition) is 3. The number of ether oxygens (including phenoxy) is 1. The Morgan fingerprint density at radius 3 is 2.62 bits per heavy atom. The lowest BCUT2D eigenvalue weighted by Crippen LogP contribution is -2.49. The van der Waals surface area contributed by atoms with Crippen molar-refractivity contribution in [2.24, 2.45) is 11.7 Å². The van der Waals surface area contributed by atoms with Crippen molar-refractivity contribution in [3.05, 3.63) is 36.2 Å². The van der Waals surface area contributed by atoms with Gasteiger partial charge in [0, 0.05) is 12.7 Å². The summed E-state index contributed by atoms with van der Waals surface area (Å²) in [6.07, 6.45) is -0.614. The number of hydrogen-bond acceptors (Lipinski definition) is 7. The molecule has 0 aliphatic carbocycles. The van der Waals surface area contributed by atoms with Crippen LogP contribution in [0.2, 0.25) is 0 Å². The Hall–Kier alpha value is -2.29. The van der Waals surface area contributed by atoms with Crippen LogP contribution in [0.25, 0.3) is 11.5 Å². The number of aliphatic hydroxyl groups is 1. The molecule has 2 aromatic rings. The maximum atomic E-state index is 12.2. The Labute approximate surface area is 152 Å². The van der Waals surface area contributed by atoms with Crippen molar-refractivity contribution in [2.45, 2.75) is 38.5 Å². The lowest BCUT2D eigenvalue weighted by molar-refractivity contribution is -0.125. The van der Waals surface area contributed by atoms with E-state index in [0.717, 1.165) is 5.56 Å². The summed E-state index contributed by atoms with van der Waals surface area (Å²) in [5.41, 5.74) is 6.51. The number of aromatic nitrogens is 2. The normalized spacial score (nSPS) is 14.8. The van der Waals surface area contributed by atoms with Crippen LogP contribution < -0.4 is 11.1 Å². The van der Waals surface area contributed by atoms with E-state index in [2.05, 4.69) is 15.5 Å². The largest absolute Gasteiger partial charge is 0.418 e. The Kier molecular flexibility index (Phi) is 7.26. The van der Waals surface area contributed by atoms with Gasteiger partial charge in [0.2, 0.25) is 17.7 Å². The second kappa shape index (κ2) is 9.42. The Morgan fingerprint density at radius 1 is 1.31 bits per heavy atom. The number of amides is 1. The number of carbonyl (C=O) groups excluding carboxylic acids is 1. The number of methoxy groups -OCH3 is 1. The van der Waals surface area contributed by atoms with Crippen molar-refractivity contribution in [1.82, 2.24) is 15.5 Å². The molecule has 26 heavy (non-hydrogen) atoms. The summed E-state index contributed by atoms with van der Waals surface area (Å²) < 4.78 is 10.5. The van der Waals surface area contributed by atoms with E-state index < -0.39 is 24.1 Å². The molecule has 1 aromatic heterocycles. The third-order valence-corrected chi connectivity index (χ3v) is 3.83. The fourth-order valence-corrected chi connectivity index (χ4v) is 2.54. The monoisotopic (exact) mass is 362 g/mol. The van der Waals surface area contributed by atoms with Crippen LogP contribution in [0.4, 0.5) is 0 Å². The van der Waals surface area contributed by atoms with E-state index in [1.165, 1.54) is 7.11 Å². The van der Waals surface area contributed by atoms with Gasteiger partial charge in [0.15, 0.2) is 6.10 Å². The quantitative estimate of drug-likeness (QED) is 0.614. The van der Waals surface area contributed by atoms with Crippen LogP contribution in [0.3, 0.4) is 0 Å².